The molecule has 0 aliphatic carbocycles. The van der Waals surface area contributed by atoms with Gasteiger partial charge >= 0.3 is 0 Å². The summed E-state index contributed by atoms with van der Waals surface area (Å²) >= 11 is 0. The highest BCUT2D eigenvalue weighted by molar-refractivity contribution is 5.99. The molecule has 0 spiro atoms. The van der Waals surface area contributed by atoms with E-state index in [4.69, 9.17) is 0 Å². The first-order chi connectivity index (χ1) is 13.9. The van der Waals surface area contributed by atoms with E-state index in [1.54, 1.807) is 18.2 Å². The molecule has 0 radical (unpaired) electrons. The lowest BCUT2D eigenvalue weighted by atomic mass is 10.1. The zero-order valence-electron chi connectivity index (χ0n) is 17.1. The van der Waals surface area contributed by atoms with Crippen molar-refractivity contribution in [3.05, 3.63) is 54.1 Å². The van der Waals surface area contributed by atoms with Crippen molar-refractivity contribution in [3.8, 4) is 0 Å². The van der Waals surface area contributed by atoms with Crippen LogP contribution in [0.1, 0.15) is 37.6 Å². The fourth-order valence-electron chi connectivity index (χ4n) is 2.99. The Morgan fingerprint density at radius 1 is 0.897 bits per heavy atom. The van der Waals surface area contributed by atoms with Crippen LogP contribution in [0.5, 0.6) is 0 Å². The van der Waals surface area contributed by atoms with Crippen molar-refractivity contribution in [3.63, 3.8) is 0 Å². The molecule has 0 atom stereocenters. The largest absolute Gasteiger partial charge is 0.372 e. The molecule has 29 heavy (non-hydrogen) atoms. The molecule has 0 saturated heterocycles. The predicted molar refractivity (Wildman–Crippen MR) is 116 cm³/mol. The summed E-state index contributed by atoms with van der Waals surface area (Å²) in [5, 5.41) is 8.19. The van der Waals surface area contributed by atoms with Crippen LogP contribution in [-0.4, -0.2) is 37.4 Å². The first kappa shape index (κ1) is 21.9. The van der Waals surface area contributed by atoms with Gasteiger partial charge in [-0.3, -0.25) is 14.4 Å². The minimum atomic E-state index is -0.258. The van der Waals surface area contributed by atoms with Gasteiger partial charge in [-0.15, -0.1) is 0 Å². The van der Waals surface area contributed by atoms with E-state index in [9.17, 15) is 14.4 Å². The van der Waals surface area contributed by atoms with E-state index in [1.807, 2.05) is 18.2 Å². The van der Waals surface area contributed by atoms with Gasteiger partial charge in [0.15, 0.2) is 0 Å². The molecule has 2 aromatic rings. The van der Waals surface area contributed by atoms with Crippen LogP contribution in [0.3, 0.4) is 0 Å². The van der Waals surface area contributed by atoms with Crippen molar-refractivity contribution in [2.75, 3.05) is 35.2 Å². The van der Waals surface area contributed by atoms with Crippen LogP contribution in [0.4, 0.5) is 17.1 Å². The normalized spacial score (nSPS) is 10.2. The van der Waals surface area contributed by atoms with Crippen molar-refractivity contribution in [2.24, 2.45) is 0 Å². The highest BCUT2D eigenvalue weighted by Gasteiger charge is 2.11. The third-order valence-electron chi connectivity index (χ3n) is 4.23. The monoisotopic (exact) mass is 396 g/mol. The van der Waals surface area contributed by atoms with E-state index < -0.39 is 0 Å². The van der Waals surface area contributed by atoms with Gasteiger partial charge in [0.2, 0.25) is 11.8 Å². The number of benzene rings is 2. The van der Waals surface area contributed by atoms with Crippen LogP contribution in [-0.2, 0) is 9.59 Å². The van der Waals surface area contributed by atoms with E-state index in [0.717, 1.165) is 25.2 Å². The number of nitrogens with zero attached hydrogens (tertiary/aromatic N) is 1. The number of carbonyl (C=O) groups excluding carboxylic acids is 3. The first-order valence-electron chi connectivity index (χ1n) is 9.67. The summed E-state index contributed by atoms with van der Waals surface area (Å²) in [6.07, 6.45) is 0.790. The topological polar surface area (TPSA) is 90.5 Å². The van der Waals surface area contributed by atoms with Crippen molar-refractivity contribution in [2.45, 2.75) is 27.2 Å². The molecule has 7 heteroatoms. The summed E-state index contributed by atoms with van der Waals surface area (Å²) in [5.74, 6) is -0.764. The number of hydrogen-bond donors (Lipinski definition) is 3. The molecule has 0 aromatic heterocycles. The number of nitrogens with one attached hydrogen (secondary N) is 3. The van der Waals surface area contributed by atoms with E-state index in [-0.39, 0.29) is 17.7 Å². The summed E-state index contributed by atoms with van der Waals surface area (Å²) in [5.41, 5.74) is 2.44. The molecular weight excluding hydrogens is 368 g/mol. The van der Waals surface area contributed by atoms with Gasteiger partial charge in [0.05, 0.1) is 0 Å². The summed E-state index contributed by atoms with van der Waals surface area (Å²) in [4.78, 5) is 37.5. The van der Waals surface area contributed by atoms with Crippen molar-refractivity contribution in [1.29, 1.82) is 0 Å². The molecule has 7 nitrogen and oxygen atoms in total. The molecule has 154 valence electrons. The maximum absolute atomic E-state index is 12.6. The SMILES string of the molecule is CCN(CCCNC(=O)c1cc(NC(C)=O)cc(NC(C)=O)c1)c1ccccc1. The average molecular weight is 396 g/mol. The highest BCUT2D eigenvalue weighted by Crippen LogP contribution is 2.19. The molecule has 2 rings (SSSR count). The third kappa shape index (κ3) is 7.29. The Labute approximate surface area is 171 Å². The van der Waals surface area contributed by atoms with Crippen LogP contribution >= 0.6 is 0 Å². The lowest BCUT2D eigenvalue weighted by Gasteiger charge is -2.23. The molecule has 0 saturated carbocycles. The highest BCUT2D eigenvalue weighted by atomic mass is 16.2. The third-order valence-corrected chi connectivity index (χ3v) is 4.23. The van der Waals surface area contributed by atoms with Gasteiger partial charge in [0, 0.05) is 56.1 Å². The molecule has 0 aliphatic heterocycles. The Balaban J connectivity index is 1.96. The lowest BCUT2D eigenvalue weighted by molar-refractivity contribution is -0.115. The van der Waals surface area contributed by atoms with Crippen LogP contribution < -0.4 is 20.9 Å². The zero-order chi connectivity index (χ0) is 21.2. The van der Waals surface area contributed by atoms with Crippen LogP contribution in [0.2, 0.25) is 0 Å². The van der Waals surface area contributed by atoms with Gasteiger partial charge in [-0.1, -0.05) is 18.2 Å². The molecule has 2 aromatic carbocycles. The first-order valence-corrected chi connectivity index (χ1v) is 9.67. The van der Waals surface area contributed by atoms with E-state index in [1.165, 1.54) is 13.8 Å². The predicted octanol–water partition coefficient (Wildman–Crippen LogP) is 3.25. The molecular formula is C22H28N4O3. The smallest absolute Gasteiger partial charge is 0.251 e. The lowest BCUT2D eigenvalue weighted by Crippen LogP contribution is -2.30. The molecule has 0 unspecified atom stereocenters. The van der Waals surface area contributed by atoms with Crippen molar-refractivity contribution in [1.82, 2.24) is 5.32 Å². The van der Waals surface area contributed by atoms with Gasteiger partial charge in [-0.2, -0.15) is 0 Å². The van der Waals surface area contributed by atoms with Gasteiger partial charge in [0.1, 0.15) is 0 Å². The molecule has 3 amide bonds. The standard InChI is InChI=1S/C22H28N4O3/c1-4-26(21-9-6-5-7-10-21)12-8-11-23-22(29)18-13-19(24-16(2)27)15-20(14-18)25-17(3)28/h5-7,9-10,13-15H,4,8,11-12H2,1-3H3,(H,23,29)(H,24,27)(H,25,28). The van der Waals surface area contributed by atoms with Crippen molar-refractivity contribution < 1.29 is 14.4 Å². The Kier molecular flexibility index (Phi) is 8.21. The molecule has 0 fully saturated rings. The number of hydrogen-bond acceptors (Lipinski definition) is 4. The quantitative estimate of drug-likeness (QED) is 0.568. The molecule has 0 heterocycles. The number of anilines is 3. The summed E-state index contributed by atoms with van der Waals surface area (Å²) in [6, 6.07) is 14.9. The van der Waals surface area contributed by atoms with Crippen molar-refractivity contribution >= 4 is 34.8 Å². The Bertz CT molecular complexity index is 818. The van der Waals surface area contributed by atoms with Crippen LogP contribution in [0.15, 0.2) is 48.5 Å². The minimum Gasteiger partial charge on any atom is -0.372 e. The molecule has 0 bridgehead atoms. The second kappa shape index (κ2) is 10.8. The zero-order valence-corrected chi connectivity index (χ0v) is 17.1. The number of amides is 3. The van der Waals surface area contributed by atoms with Gasteiger partial charge in [-0.25, -0.2) is 0 Å². The Morgan fingerprint density at radius 3 is 2.00 bits per heavy atom. The Hall–Kier alpha value is -3.35. The van der Waals surface area contributed by atoms with Gasteiger partial charge < -0.3 is 20.9 Å². The van der Waals surface area contributed by atoms with E-state index in [2.05, 4.69) is 39.9 Å². The second-order valence-corrected chi connectivity index (χ2v) is 6.69. The van der Waals surface area contributed by atoms with Gasteiger partial charge in [0.25, 0.3) is 5.91 Å². The number of rotatable bonds is 9. The van der Waals surface area contributed by atoms with Crippen LogP contribution in [0, 0.1) is 0 Å². The summed E-state index contributed by atoms with van der Waals surface area (Å²) in [6.45, 7) is 7.10. The van der Waals surface area contributed by atoms with E-state index >= 15 is 0 Å². The number of para-hydroxylation sites is 1. The summed E-state index contributed by atoms with van der Waals surface area (Å²) < 4.78 is 0. The second-order valence-electron chi connectivity index (χ2n) is 6.69. The Morgan fingerprint density at radius 2 is 1.48 bits per heavy atom. The fourth-order valence-corrected chi connectivity index (χ4v) is 2.99. The maximum atomic E-state index is 12.6. The average Bonchev–Trinajstić information content (AvgIpc) is 2.67. The molecule has 0 aliphatic rings. The fraction of sp³-hybridized carbons (Fsp3) is 0.318. The summed E-state index contributed by atoms with van der Waals surface area (Å²) in [7, 11) is 0. The minimum absolute atomic E-state index is 0.253. The maximum Gasteiger partial charge on any atom is 0.251 e. The van der Waals surface area contributed by atoms with Crippen LogP contribution in [0.25, 0.3) is 0 Å². The van der Waals surface area contributed by atoms with Gasteiger partial charge in [-0.05, 0) is 43.7 Å². The number of carbonyl (C=O) groups is 3. The molecule has 3 N–H and O–H groups in total. The van der Waals surface area contributed by atoms with E-state index in [0.29, 0.717) is 23.5 Å².